The maximum Gasteiger partial charge on any atom is 0.105 e. The van der Waals surface area contributed by atoms with Crippen molar-refractivity contribution in [2.24, 2.45) is 0 Å². The summed E-state index contributed by atoms with van der Waals surface area (Å²) in [4.78, 5) is 0. The number of fused-ring (bicyclic) bond motifs is 1. The Labute approximate surface area is 125 Å². The standard InChI is InChI=1S/C16H12BrClO/c1-10-11(8-9-19-10)16(18)14-6-7-15(17)13-5-3-2-4-12(13)14/h2-9,16H,1H3. The lowest BCUT2D eigenvalue weighted by Crippen LogP contribution is -1.95. The third kappa shape index (κ3) is 2.19. The number of halogens is 2. The summed E-state index contributed by atoms with van der Waals surface area (Å²) in [5.74, 6) is 0.868. The number of aryl methyl sites for hydroxylation is 1. The first kappa shape index (κ1) is 12.8. The van der Waals surface area contributed by atoms with Crippen LogP contribution in [0.5, 0.6) is 0 Å². The van der Waals surface area contributed by atoms with Crippen molar-refractivity contribution in [3.8, 4) is 0 Å². The van der Waals surface area contributed by atoms with Gasteiger partial charge in [-0.3, -0.25) is 0 Å². The van der Waals surface area contributed by atoms with Gasteiger partial charge >= 0.3 is 0 Å². The van der Waals surface area contributed by atoms with Gasteiger partial charge in [-0.05, 0) is 35.4 Å². The molecule has 0 aliphatic heterocycles. The smallest absolute Gasteiger partial charge is 0.105 e. The van der Waals surface area contributed by atoms with Gasteiger partial charge in [-0.2, -0.15) is 0 Å². The van der Waals surface area contributed by atoms with Crippen molar-refractivity contribution >= 4 is 38.3 Å². The minimum absolute atomic E-state index is 0.197. The van der Waals surface area contributed by atoms with Gasteiger partial charge in [-0.25, -0.2) is 0 Å². The van der Waals surface area contributed by atoms with Crippen molar-refractivity contribution in [2.45, 2.75) is 12.3 Å². The molecule has 0 saturated heterocycles. The third-order valence-corrected chi connectivity index (χ3v) is 4.51. The molecular weight excluding hydrogens is 324 g/mol. The highest BCUT2D eigenvalue weighted by Gasteiger charge is 2.18. The monoisotopic (exact) mass is 334 g/mol. The molecule has 0 aliphatic carbocycles. The summed E-state index contributed by atoms with van der Waals surface area (Å²) in [6.45, 7) is 1.94. The average molecular weight is 336 g/mol. The Balaban J connectivity index is 2.21. The van der Waals surface area contributed by atoms with Crippen molar-refractivity contribution < 1.29 is 4.42 Å². The van der Waals surface area contributed by atoms with E-state index < -0.39 is 0 Å². The quantitative estimate of drug-likeness (QED) is 0.537. The molecular formula is C16H12BrClO. The molecule has 96 valence electrons. The van der Waals surface area contributed by atoms with Gasteiger partial charge in [0.25, 0.3) is 0 Å². The molecule has 3 heteroatoms. The number of alkyl halides is 1. The first-order chi connectivity index (χ1) is 9.18. The van der Waals surface area contributed by atoms with E-state index in [1.54, 1.807) is 6.26 Å². The Bertz CT molecular complexity index is 732. The minimum atomic E-state index is -0.197. The second-order valence-corrected chi connectivity index (χ2v) is 5.77. The molecule has 0 fully saturated rings. The summed E-state index contributed by atoms with van der Waals surface area (Å²) in [5, 5.41) is 2.14. The van der Waals surface area contributed by atoms with E-state index >= 15 is 0 Å². The third-order valence-electron chi connectivity index (χ3n) is 3.35. The molecule has 0 radical (unpaired) electrons. The molecule has 1 atom stereocenters. The lowest BCUT2D eigenvalue weighted by molar-refractivity contribution is 0.530. The molecule has 1 aromatic heterocycles. The van der Waals surface area contributed by atoms with Gasteiger partial charge in [0, 0.05) is 10.0 Å². The van der Waals surface area contributed by atoms with Gasteiger partial charge in [0.05, 0.1) is 11.6 Å². The van der Waals surface area contributed by atoms with E-state index in [4.69, 9.17) is 16.0 Å². The zero-order valence-electron chi connectivity index (χ0n) is 10.4. The molecule has 0 saturated carbocycles. The van der Waals surface area contributed by atoms with Crippen LogP contribution in [-0.4, -0.2) is 0 Å². The molecule has 0 aliphatic rings. The van der Waals surface area contributed by atoms with Gasteiger partial charge in [0.15, 0.2) is 0 Å². The van der Waals surface area contributed by atoms with E-state index in [1.165, 1.54) is 5.39 Å². The van der Waals surface area contributed by atoms with Crippen LogP contribution in [0.15, 0.2) is 57.6 Å². The van der Waals surface area contributed by atoms with Crippen LogP contribution in [0.4, 0.5) is 0 Å². The fourth-order valence-electron chi connectivity index (χ4n) is 2.33. The van der Waals surface area contributed by atoms with E-state index in [0.717, 1.165) is 26.7 Å². The number of rotatable bonds is 2. The Kier molecular flexibility index (Phi) is 3.38. The van der Waals surface area contributed by atoms with Crippen LogP contribution >= 0.6 is 27.5 Å². The fourth-order valence-corrected chi connectivity index (χ4v) is 3.23. The highest BCUT2D eigenvalue weighted by molar-refractivity contribution is 9.10. The summed E-state index contributed by atoms with van der Waals surface area (Å²) >= 11 is 10.2. The summed E-state index contributed by atoms with van der Waals surface area (Å²) in [6, 6.07) is 14.3. The van der Waals surface area contributed by atoms with Crippen molar-refractivity contribution in [3.05, 3.63) is 70.1 Å². The Morgan fingerprint density at radius 2 is 1.74 bits per heavy atom. The van der Waals surface area contributed by atoms with Crippen LogP contribution in [0.1, 0.15) is 22.3 Å². The van der Waals surface area contributed by atoms with Crippen LogP contribution in [0.2, 0.25) is 0 Å². The Morgan fingerprint density at radius 1 is 1.00 bits per heavy atom. The topological polar surface area (TPSA) is 13.1 Å². The van der Waals surface area contributed by atoms with Crippen molar-refractivity contribution in [3.63, 3.8) is 0 Å². The number of benzene rings is 2. The molecule has 0 amide bonds. The van der Waals surface area contributed by atoms with E-state index in [9.17, 15) is 0 Å². The van der Waals surface area contributed by atoms with Crippen LogP contribution in [-0.2, 0) is 0 Å². The lowest BCUT2D eigenvalue weighted by atomic mass is 9.98. The summed E-state index contributed by atoms with van der Waals surface area (Å²) in [6.07, 6.45) is 1.68. The van der Waals surface area contributed by atoms with Crippen LogP contribution in [0.3, 0.4) is 0 Å². The van der Waals surface area contributed by atoms with E-state index in [2.05, 4.69) is 34.1 Å². The highest BCUT2D eigenvalue weighted by atomic mass is 79.9. The maximum atomic E-state index is 6.63. The van der Waals surface area contributed by atoms with E-state index in [-0.39, 0.29) is 5.38 Å². The second kappa shape index (κ2) is 5.03. The summed E-state index contributed by atoms with van der Waals surface area (Å²) < 4.78 is 6.43. The zero-order chi connectivity index (χ0) is 13.4. The molecule has 1 nitrogen and oxygen atoms in total. The molecule has 3 aromatic rings. The van der Waals surface area contributed by atoms with E-state index in [0.29, 0.717) is 0 Å². The SMILES string of the molecule is Cc1occc1C(Cl)c1ccc(Br)c2ccccc12. The van der Waals surface area contributed by atoms with Crippen LogP contribution < -0.4 is 0 Å². The molecule has 2 aromatic carbocycles. The molecule has 19 heavy (non-hydrogen) atoms. The summed E-state index contributed by atoms with van der Waals surface area (Å²) in [5.41, 5.74) is 2.12. The Morgan fingerprint density at radius 3 is 2.42 bits per heavy atom. The Hall–Kier alpha value is -1.25. The molecule has 0 bridgehead atoms. The van der Waals surface area contributed by atoms with Crippen molar-refractivity contribution in [2.75, 3.05) is 0 Å². The fraction of sp³-hybridized carbons (Fsp3) is 0.125. The van der Waals surface area contributed by atoms with Gasteiger partial charge in [0.1, 0.15) is 5.76 Å². The molecule has 1 unspecified atom stereocenters. The predicted octanol–water partition coefficient (Wildman–Crippen LogP) is 5.83. The molecule has 3 rings (SSSR count). The van der Waals surface area contributed by atoms with Crippen LogP contribution in [0, 0.1) is 6.92 Å². The van der Waals surface area contributed by atoms with Gasteiger partial charge in [0.2, 0.25) is 0 Å². The predicted molar refractivity (Wildman–Crippen MR) is 82.8 cm³/mol. The number of hydrogen-bond donors (Lipinski definition) is 0. The van der Waals surface area contributed by atoms with E-state index in [1.807, 2.05) is 31.2 Å². The number of hydrogen-bond acceptors (Lipinski definition) is 1. The number of furan rings is 1. The van der Waals surface area contributed by atoms with Crippen molar-refractivity contribution in [1.82, 2.24) is 0 Å². The molecule has 1 heterocycles. The molecule has 0 spiro atoms. The lowest BCUT2D eigenvalue weighted by Gasteiger charge is -2.13. The van der Waals surface area contributed by atoms with Crippen LogP contribution in [0.25, 0.3) is 10.8 Å². The van der Waals surface area contributed by atoms with Gasteiger partial charge in [-0.15, -0.1) is 11.6 Å². The first-order valence-corrected chi connectivity index (χ1v) is 7.26. The maximum absolute atomic E-state index is 6.63. The van der Waals surface area contributed by atoms with Crippen molar-refractivity contribution in [1.29, 1.82) is 0 Å². The molecule has 0 N–H and O–H groups in total. The minimum Gasteiger partial charge on any atom is -0.469 e. The highest BCUT2D eigenvalue weighted by Crippen LogP contribution is 2.37. The largest absolute Gasteiger partial charge is 0.469 e. The first-order valence-electron chi connectivity index (χ1n) is 6.03. The average Bonchev–Trinajstić information content (AvgIpc) is 2.85. The van der Waals surface area contributed by atoms with Gasteiger partial charge in [-0.1, -0.05) is 46.3 Å². The van der Waals surface area contributed by atoms with Gasteiger partial charge < -0.3 is 4.42 Å². The second-order valence-electron chi connectivity index (χ2n) is 4.48. The summed E-state index contributed by atoms with van der Waals surface area (Å²) in [7, 11) is 0. The zero-order valence-corrected chi connectivity index (χ0v) is 12.7. The normalized spacial score (nSPS) is 12.8.